The molecule has 1 fully saturated rings. The van der Waals surface area contributed by atoms with E-state index in [1.54, 1.807) is 28.2 Å². The summed E-state index contributed by atoms with van der Waals surface area (Å²) in [6, 6.07) is 13.5. The first-order chi connectivity index (χ1) is 14.2. The van der Waals surface area contributed by atoms with Crippen molar-refractivity contribution in [3.63, 3.8) is 0 Å². The van der Waals surface area contributed by atoms with Crippen LogP contribution in [0.25, 0.3) is 17.1 Å². The van der Waals surface area contributed by atoms with Crippen molar-refractivity contribution in [2.45, 2.75) is 12.8 Å². The highest BCUT2D eigenvalue weighted by atomic mass is 16.5. The zero-order valence-electron chi connectivity index (χ0n) is 15.8. The first-order valence-electron chi connectivity index (χ1n) is 9.34. The van der Waals surface area contributed by atoms with Gasteiger partial charge in [0.2, 0.25) is 11.7 Å². The molecule has 3 aromatic heterocycles. The van der Waals surface area contributed by atoms with Crippen LogP contribution in [0.3, 0.4) is 0 Å². The molecular formula is C21H18N6O2. The molecule has 0 radical (unpaired) electrons. The van der Waals surface area contributed by atoms with Crippen LogP contribution in [-0.4, -0.2) is 48.8 Å². The normalized spacial score (nSPS) is 14.0. The van der Waals surface area contributed by atoms with Crippen LogP contribution in [0.5, 0.6) is 0 Å². The van der Waals surface area contributed by atoms with Crippen molar-refractivity contribution in [2.24, 2.45) is 0 Å². The monoisotopic (exact) mass is 386 g/mol. The summed E-state index contributed by atoms with van der Waals surface area (Å²) in [7, 11) is 0. The van der Waals surface area contributed by atoms with Gasteiger partial charge >= 0.3 is 0 Å². The molecule has 8 nitrogen and oxygen atoms in total. The van der Waals surface area contributed by atoms with Crippen molar-refractivity contribution in [1.82, 2.24) is 29.8 Å². The predicted molar refractivity (Wildman–Crippen MR) is 104 cm³/mol. The van der Waals surface area contributed by atoms with Gasteiger partial charge in [-0.1, -0.05) is 23.4 Å². The molecule has 4 aromatic rings. The standard InChI is InChI=1S/C21H18N6O2/c1-14-18(11-23-27(14)17-7-3-2-4-8-17)21(28)26-12-16(13-26)20-24-19(25-29-20)15-6-5-9-22-10-15/h2-11,16H,12-13H2,1H3. The summed E-state index contributed by atoms with van der Waals surface area (Å²) in [6.07, 6.45) is 5.02. The van der Waals surface area contributed by atoms with Crippen molar-refractivity contribution in [3.8, 4) is 17.1 Å². The second-order valence-corrected chi connectivity index (χ2v) is 7.00. The number of hydrogen-bond acceptors (Lipinski definition) is 6. The van der Waals surface area contributed by atoms with Crippen molar-refractivity contribution in [2.75, 3.05) is 13.1 Å². The number of nitrogens with zero attached hydrogens (tertiary/aromatic N) is 6. The van der Waals surface area contributed by atoms with Crippen LogP contribution < -0.4 is 0 Å². The number of pyridine rings is 1. The zero-order valence-corrected chi connectivity index (χ0v) is 15.8. The van der Waals surface area contributed by atoms with Gasteiger partial charge < -0.3 is 9.42 Å². The Kier molecular flexibility index (Phi) is 4.16. The molecule has 0 atom stereocenters. The molecule has 0 aliphatic carbocycles. The molecule has 4 heterocycles. The minimum absolute atomic E-state index is 0.0343. The maximum absolute atomic E-state index is 12.9. The fourth-order valence-electron chi connectivity index (χ4n) is 3.43. The average Bonchev–Trinajstić information content (AvgIpc) is 3.35. The summed E-state index contributed by atoms with van der Waals surface area (Å²) in [4.78, 5) is 23.2. The average molecular weight is 386 g/mol. The SMILES string of the molecule is Cc1c(C(=O)N2CC(c3nc(-c4cccnc4)no3)C2)cnn1-c1ccccc1. The number of rotatable bonds is 4. The van der Waals surface area contributed by atoms with Crippen LogP contribution in [0.1, 0.15) is 27.9 Å². The van der Waals surface area contributed by atoms with Gasteiger partial charge in [0.1, 0.15) is 0 Å². The Morgan fingerprint density at radius 2 is 1.93 bits per heavy atom. The van der Waals surface area contributed by atoms with E-state index in [-0.39, 0.29) is 11.8 Å². The summed E-state index contributed by atoms with van der Waals surface area (Å²) in [5, 5.41) is 8.41. The molecule has 29 heavy (non-hydrogen) atoms. The Morgan fingerprint density at radius 1 is 1.10 bits per heavy atom. The molecule has 1 aliphatic heterocycles. The van der Waals surface area contributed by atoms with Crippen molar-refractivity contribution < 1.29 is 9.32 Å². The highest BCUT2D eigenvalue weighted by Gasteiger charge is 2.37. The summed E-state index contributed by atoms with van der Waals surface area (Å²) >= 11 is 0. The number of carbonyl (C=O) groups excluding carboxylic acids is 1. The van der Waals surface area contributed by atoms with Gasteiger partial charge in [-0.05, 0) is 31.2 Å². The van der Waals surface area contributed by atoms with Crippen molar-refractivity contribution in [1.29, 1.82) is 0 Å². The van der Waals surface area contributed by atoms with Gasteiger partial charge in [0.25, 0.3) is 5.91 Å². The fraction of sp³-hybridized carbons (Fsp3) is 0.190. The van der Waals surface area contributed by atoms with Gasteiger partial charge in [0, 0.05) is 31.0 Å². The van der Waals surface area contributed by atoms with Gasteiger partial charge in [0.15, 0.2) is 0 Å². The Hall–Kier alpha value is -3.81. The van der Waals surface area contributed by atoms with Gasteiger partial charge in [-0.25, -0.2) is 4.68 Å². The van der Waals surface area contributed by atoms with Gasteiger partial charge in [-0.15, -0.1) is 0 Å². The molecule has 1 aromatic carbocycles. The Balaban J connectivity index is 1.28. The van der Waals surface area contributed by atoms with E-state index in [0.717, 1.165) is 16.9 Å². The molecule has 5 rings (SSSR count). The summed E-state index contributed by atoms with van der Waals surface area (Å²) in [5.41, 5.74) is 3.16. The van der Waals surface area contributed by atoms with E-state index >= 15 is 0 Å². The molecular weight excluding hydrogens is 368 g/mol. The third kappa shape index (κ3) is 3.08. The largest absolute Gasteiger partial charge is 0.339 e. The lowest BCUT2D eigenvalue weighted by Gasteiger charge is -2.36. The quantitative estimate of drug-likeness (QED) is 0.536. The molecule has 144 valence electrons. The van der Waals surface area contributed by atoms with E-state index < -0.39 is 0 Å². The van der Waals surface area contributed by atoms with Gasteiger partial charge in [-0.3, -0.25) is 9.78 Å². The smallest absolute Gasteiger partial charge is 0.257 e. The topological polar surface area (TPSA) is 89.9 Å². The molecule has 1 amide bonds. The molecule has 0 bridgehead atoms. The molecule has 8 heteroatoms. The minimum Gasteiger partial charge on any atom is -0.339 e. The van der Waals surface area contributed by atoms with E-state index in [2.05, 4.69) is 20.2 Å². The predicted octanol–water partition coefficient (Wildman–Crippen LogP) is 2.87. The van der Waals surface area contributed by atoms with Crippen molar-refractivity contribution >= 4 is 5.91 Å². The van der Waals surface area contributed by atoms with Crippen LogP contribution in [0.2, 0.25) is 0 Å². The highest BCUT2D eigenvalue weighted by molar-refractivity contribution is 5.95. The number of carbonyl (C=O) groups is 1. The first kappa shape index (κ1) is 17.3. The van der Waals surface area contributed by atoms with E-state index in [1.807, 2.05) is 49.4 Å². The number of likely N-dealkylation sites (tertiary alicyclic amines) is 1. The first-order valence-corrected chi connectivity index (χ1v) is 9.34. The van der Waals surface area contributed by atoms with E-state index in [0.29, 0.717) is 30.4 Å². The number of hydrogen-bond donors (Lipinski definition) is 0. The molecule has 0 spiro atoms. The molecule has 0 saturated carbocycles. The van der Waals surface area contributed by atoms with Crippen molar-refractivity contribution in [3.05, 3.63) is 78.2 Å². The third-order valence-electron chi connectivity index (χ3n) is 5.12. The number of benzene rings is 1. The lowest BCUT2D eigenvalue weighted by Crippen LogP contribution is -2.48. The van der Waals surface area contributed by atoms with Gasteiger partial charge in [0.05, 0.1) is 29.1 Å². The maximum atomic E-state index is 12.9. The Morgan fingerprint density at radius 3 is 2.69 bits per heavy atom. The maximum Gasteiger partial charge on any atom is 0.257 e. The van der Waals surface area contributed by atoms with Crippen LogP contribution >= 0.6 is 0 Å². The van der Waals surface area contributed by atoms with E-state index in [1.165, 1.54) is 0 Å². The summed E-state index contributed by atoms with van der Waals surface area (Å²) in [6.45, 7) is 3.00. The van der Waals surface area contributed by atoms with E-state index in [4.69, 9.17) is 4.52 Å². The fourth-order valence-corrected chi connectivity index (χ4v) is 3.43. The molecule has 1 aliphatic rings. The minimum atomic E-state index is -0.0343. The second-order valence-electron chi connectivity index (χ2n) is 7.00. The lowest BCUT2D eigenvalue weighted by atomic mass is 9.99. The highest BCUT2D eigenvalue weighted by Crippen LogP contribution is 2.29. The van der Waals surface area contributed by atoms with Crippen LogP contribution in [0.15, 0.2) is 65.6 Å². The number of aromatic nitrogens is 5. The second kappa shape index (κ2) is 6.97. The summed E-state index contributed by atoms with van der Waals surface area (Å²) < 4.78 is 7.18. The molecule has 0 unspecified atom stereocenters. The van der Waals surface area contributed by atoms with E-state index in [9.17, 15) is 4.79 Å². The third-order valence-corrected chi connectivity index (χ3v) is 5.12. The number of para-hydroxylation sites is 1. The van der Waals surface area contributed by atoms with Crippen LogP contribution in [-0.2, 0) is 0 Å². The summed E-state index contributed by atoms with van der Waals surface area (Å²) in [5.74, 6) is 1.07. The Labute approximate surface area is 166 Å². The molecule has 1 saturated heterocycles. The van der Waals surface area contributed by atoms with Crippen LogP contribution in [0.4, 0.5) is 0 Å². The lowest BCUT2D eigenvalue weighted by molar-refractivity contribution is 0.0568. The number of amides is 1. The zero-order chi connectivity index (χ0) is 19.8. The Bertz CT molecular complexity index is 1150. The van der Waals surface area contributed by atoms with Crippen LogP contribution in [0, 0.1) is 6.92 Å². The molecule has 0 N–H and O–H groups in total. The van der Waals surface area contributed by atoms with Gasteiger partial charge in [-0.2, -0.15) is 10.1 Å².